The summed E-state index contributed by atoms with van der Waals surface area (Å²) in [5.74, 6) is -0.719. The highest BCUT2D eigenvalue weighted by atomic mass is 16.8. The number of nitriles is 1. The van der Waals surface area contributed by atoms with Crippen LogP contribution in [0.3, 0.4) is 0 Å². The fraction of sp³-hybridized carbons (Fsp3) is 0.962. The number of nitrogens with two attached hydrogens (primary N) is 5. The van der Waals surface area contributed by atoms with Crippen LogP contribution in [-0.4, -0.2) is 143 Å². The summed E-state index contributed by atoms with van der Waals surface area (Å²) in [4.78, 5) is 0. The first-order chi connectivity index (χ1) is 20.4. The quantitative estimate of drug-likeness (QED) is 0.109. The van der Waals surface area contributed by atoms with Crippen LogP contribution in [0.25, 0.3) is 0 Å². The summed E-state index contributed by atoms with van der Waals surface area (Å²) in [7, 11) is 0. The Morgan fingerprint density at radius 1 is 0.791 bits per heavy atom. The fourth-order valence-corrected chi connectivity index (χ4v) is 6.14. The molecule has 0 bridgehead atoms. The van der Waals surface area contributed by atoms with Crippen molar-refractivity contribution in [3.05, 3.63) is 0 Å². The number of aliphatic hydroxyl groups is 5. The Morgan fingerprint density at radius 2 is 1.44 bits per heavy atom. The molecule has 0 aromatic heterocycles. The Balaban J connectivity index is 1.48. The Bertz CT molecular complexity index is 935. The first-order valence-electron chi connectivity index (χ1n) is 14.8. The Morgan fingerprint density at radius 3 is 2.09 bits per heavy atom. The largest absolute Gasteiger partial charge is 0.394 e. The molecule has 1 saturated carbocycles. The highest BCUT2D eigenvalue weighted by molar-refractivity contribution is 5.01. The molecule has 4 rings (SSSR count). The highest BCUT2D eigenvalue weighted by Gasteiger charge is 2.53. The van der Waals surface area contributed by atoms with Crippen LogP contribution in [0, 0.1) is 17.2 Å². The molecule has 0 radical (unpaired) electrons. The Labute approximate surface area is 250 Å². The summed E-state index contributed by atoms with van der Waals surface area (Å²) in [6, 6.07) is -0.612. The molecule has 17 nitrogen and oxygen atoms in total. The molecule has 4 fully saturated rings. The lowest BCUT2D eigenvalue weighted by Gasteiger charge is -2.46. The van der Waals surface area contributed by atoms with Crippen molar-refractivity contribution in [3.63, 3.8) is 0 Å². The molecule has 1 unspecified atom stereocenters. The maximum Gasteiger partial charge on any atom is 0.187 e. The Hall–Kier alpha value is -1.15. The van der Waals surface area contributed by atoms with Gasteiger partial charge in [-0.05, 0) is 19.3 Å². The zero-order valence-corrected chi connectivity index (χ0v) is 24.2. The third-order valence-electron chi connectivity index (χ3n) is 8.90. The molecule has 18 atom stereocenters. The minimum Gasteiger partial charge on any atom is -0.394 e. The third-order valence-corrected chi connectivity index (χ3v) is 8.90. The fourth-order valence-electron chi connectivity index (χ4n) is 6.14. The Kier molecular flexibility index (Phi) is 12.1. The lowest BCUT2D eigenvalue weighted by atomic mass is 9.84. The van der Waals surface area contributed by atoms with Crippen molar-refractivity contribution in [1.29, 1.82) is 5.26 Å². The van der Waals surface area contributed by atoms with Crippen LogP contribution in [0.4, 0.5) is 0 Å². The lowest BCUT2D eigenvalue weighted by Crippen LogP contribution is -2.65. The zero-order valence-electron chi connectivity index (χ0n) is 24.2. The molecule has 1 aliphatic carbocycles. The smallest absolute Gasteiger partial charge is 0.187 e. The summed E-state index contributed by atoms with van der Waals surface area (Å²) >= 11 is 0. The van der Waals surface area contributed by atoms with Gasteiger partial charge in [-0.3, -0.25) is 0 Å². The molecule has 17 heteroatoms. The van der Waals surface area contributed by atoms with E-state index in [2.05, 4.69) is 0 Å². The summed E-state index contributed by atoms with van der Waals surface area (Å²) in [5, 5.41) is 62.0. The van der Waals surface area contributed by atoms with Crippen molar-refractivity contribution in [2.75, 3.05) is 13.2 Å². The van der Waals surface area contributed by atoms with E-state index in [1.807, 2.05) is 6.07 Å². The number of hydrogen-bond donors (Lipinski definition) is 10. The number of ether oxygens (including phenoxy) is 6. The molecule has 248 valence electrons. The topological polar surface area (TPSA) is 310 Å². The summed E-state index contributed by atoms with van der Waals surface area (Å²) in [5.41, 5.74) is 30.6. The van der Waals surface area contributed by atoms with Crippen molar-refractivity contribution in [2.24, 2.45) is 34.6 Å². The monoisotopic (exact) mass is 620 g/mol. The lowest BCUT2D eigenvalue weighted by molar-refractivity contribution is -0.297. The molecule has 4 aliphatic rings. The molecule has 3 aliphatic heterocycles. The van der Waals surface area contributed by atoms with Crippen LogP contribution < -0.4 is 28.7 Å². The molecule has 0 spiro atoms. The van der Waals surface area contributed by atoms with Gasteiger partial charge >= 0.3 is 0 Å². The predicted molar refractivity (Wildman–Crippen MR) is 146 cm³/mol. The van der Waals surface area contributed by atoms with Gasteiger partial charge in [-0.2, -0.15) is 5.26 Å². The average Bonchev–Trinajstić information content (AvgIpc) is 3.28. The van der Waals surface area contributed by atoms with Crippen LogP contribution in [0.15, 0.2) is 0 Å². The van der Waals surface area contributed by atoms with E-state index in [1.54, 1.807) is 6.92 Å². The van der Waals surface area contributed by atoms with Crippen molar-refractivity contribution < 1.29 is 54.0 Å². The van der Waals surface area contributed by atoms with E-state index < -0.39 is 117 Å². The van der Waals surface area contributed by atoms with Gasteiger partial charge < -0.3 is 82.6 Å². The number of rotatable bonds is 10. The first kappa shape index (κ1) is 34.7. The van der Waals surface area contributed by atoms with Gasteiger partial charge in [0.25, 0.3) is 0 Å². The molecule has 3 saturated heterocycles. The van der Waals surface area contributed by atoms with Crippen molar-refractivity contribution in [2.45, 2.75) is 137 Å². The number of aliphatic hydroxyl groups excluding tert-OH is 5. The second kappa shape index (κ2) is 15.0. The number of hydrogen-bond acceptors (Lipinski definition) is 17. The van der Waals surface area contributed by atoms with Crippen LogP contribution >= 0.6 is 0 Å². The second-order valence-corrected chi connectivity index (χ2v) is 12.0. The van der Waals surface area contributed by atoms with E-state index in [9.17, 15) is 25.5 Å². The maximum atomic E-state index is 11.2. The molecule has 3 heterocycles. The molecule has 0 aromatic carbocycles. The minimum absolute atomic E-state index is 0.0815. The van der Waals surface area contributed by atoms with Gasteiger partial charge in [0, 0.05) is 30.6 Å². The van der Waals surface area contributed by atoms with E-state index in [0.717, 1.165) is 0 Å². The summed E-state index contributed by atoms with van der Waals surface area (Å²) in [6.45, 7) is 0.925. The van der Waals surface area contributed by atoms with Crippen molar-refractivity contribution >= 4 is 0 Å². The molecular weight excluding hydrogens is 572 g/mol. The van der Waals surface area contributed by atoms with Crippen LogP contribution in [-0.2, 0) is 28.4 Å². The van der Waals surface area contributed by atoms with E-state index in [0.29, 0.717) is 12.8 Å². The van der Waals surface area contributed by atoms with Gasteiger partial charge in [0.05, 0.1) is 43.5 Å². The van der Waals surface area contributed by atoms with Gasteiger partial charge in [0.15, 0.2) is 18.9 Å². The highest BCUT2D eigenvalue weighted by Crippen LogP contribution is 2.35. The van der Waals surface area contributed by atoms with Gasteiger partial charge in [-0.25, -0.2) is 0 Å². The van der Waals surface area contributed by atoms with Crippen LogP contribution in [0.2, 0.25) is 0 Å². The zero-order chi connectivity index (χ0) is 31.6. The third kappa shape index (κ3) is 7.47. The van der Waals surface area contributed by atoms with Gasteiger partial charge in [-0.15, -0.1) is 0 Å². The summed E-state index contributed by atoms with van der Waals surface area (Å²) < 4.78 is 35.7. The van der Waals surface area contributed by atoms with Gasteiger partial charge in [0.2, 0.25) is 0 Å². The van der Waals surface area contributed by atoms with Gasteiger partial charge in [0.1, 0.15) is 42.7 Å². The predicted octanol–water partition coefficient (Wildman–Crippen LogP) is -5.25. The normalized spacial score (nSPS) is 49.9. The first-order valence-corrected chi connectivity index (χ1v) is 14.8. The SMILES string of the molecule is C[C@H]1C(O[C@H]2[C@@H](O)[C@H](O[C@@H]3[C@@H](O)[C@H](N)C[C@H](N)[C@H]3O[C@H]3O[C@H]([C@@H](N)CC#N)CC[C@H]3N)O[C@@H]2CO)O[C@@H](CN)[C@@H](O)[C@@H]1O. The van der Waals surface area contributed by atoms with E-state index in [-0.39, 0.29) is 19.4 Å². The van der Waals surface area contributed by atoms with E-state index in [4.69, 9.17) is 62.4 Å². The molecule has 15 N–H and O–H groups in total. The minimum atomic E-state index is -1.50. The van der Waals surface area contributed by atoms with E-state index in [1.165, 1.54) is 0 Å². The number of nitrogens with zero attached hydrogens (tertiary/aromatic N) is 1. The molecule has 0 aromatic rings. The maximum absolute atomic E-state index is 11.2. The standard InChI is InChI=1S/C26H48N6O11/c1-9-17(34)19(36)15(7-28)39-24(9)42-22-16(8-33)40-26(20(22)37)43-23-18(35)12(31)6-13(32)21(23)41-25-11(30)2-3-14(38-25)10(29)4-5-27/h9-26,33-37H,2-4,6-8,28-32H2,1H3/t9-,10+,11-,12-,13+,14+,15+,16-,17-,18+,19-,20-,21-,22-,23-,24?,25-,26+/m1/s1. The average molecular weight is 621 g/mol. The van der Waals surface area contributed by atoms with Crippen LogP contribution in [0.1, 0.15) is 32.6 Å². The van der Waals surface area contributed by atoms with Crippen molar-refractivity contribution in [1.82, 2.24) is 0 Å². The summed E-state index contributed by atoms with van der Waals surface area (Å²) in [6.07, 6.45) is -13.4. The van der Waals surface area contributed by atoms with E-state index >= 15 is 0 Å². The molecule has 43 heavy (non-hydrogen) atoms. The van der Waals surface area contributed by atoms with Gasteiger partial charge in [-0.1, -0.05) is 6.92 Å². The molecule has 0 amide bonds. The second-order valence-electron chi connectivity index (χ2n) is 12.0. The van der Waals surface area contributed by atoms with Crippen LogP contribution in [0.5, 0.6) is 0 Å². The molecular formula is C26H48N6O11. The van der Waals surface area contributed by atoms with Crippen molar-refractivity contribution in [3.8, 4) is 6.07 Å².